The van der Waals surface area contributed by atoms with E-state index in [0.717, 1.165) is 11.1 Å². The number of nitriles is 1. The highest BCUT2D eigenvalue weighted by atomic mass is 16.5. The molecule has 4 nitrogen and oxygen atoms in total. The van der Waals surface area contributed by atoms with E-state index in [1.165, 1.54) is 7.11 Å². The van der Waals surface area contributed by atoms with Crippen molar-refractivity contribution >= 4 is 11.7 Å². The average molecular weight is 266 g/mol. The zero-order valence-corrected chi connectivity index (χ0v) is 11.3. The van der Waals surface area contributed by atoms with E-state index >= 15 is 0 Å². The predicted molar refractivity (Wildman–Crippen MR) is 77.1 cm³/mol. The van der Waals surface area contributed by atoms with E-state index in [2.05, 4.69) is 6.07 Å². The molecule has 0 saturated heterocycles. The number of ether oxygens (including phenoxy) is 1. The van der Waals surface area contributed by atoms with E-state index in [1.54, 1.807) is 24.3 Å². The lowest BCUT2D eigenvalue weighted by Gasteiger charge is -2.13. The summed E-state index contributed by atoms with van der Waals surface area (Å²) in [6.45, 7) is 1.84. The number of rotatable bonds is 2. The quantitative estimate of drug-likeness (QED) is 0.669. The van der Waals surface area contributed by atoms with Crippen LogP contribution in [-0.4, -0.2) is 13.1 Å². The summed E-state index contributed by atoms with van der Waals surface area (Å²) in [7, 11) is 1.33. The van der Waals surface area contributed by atoms with Crippen LogP contribution in [0.2, 0.25) is 0 Å². The van der Waals surface area contributed by atoms with Gasteiger partial charge in [0, 0.05) is 5.69 Å². The number of aryl methyl sites for hydroxylation is 1. The molecule has 0 aliphatic rings. The first-order valence-electron chi connectivity index (χ1n) is 6.06. The van der Waals surface area contributed by atoms with E-state index in [1.807, 2.05) is 19.1 Å². The van der Waals surface area contributed by atoms with Gasteiger partial charge in [-0.05, 0) is 35.7 Å². The molecule has 0 aliphatic carbocycles. The number of esters is 1. The molecule has 0 aromatic heterocycles. The van der Waals surface area contributed by atoms with Crippen molar-refractivity contribution in [1.29, 1.82) is 5.26 Å². The normalized spacial score (nSPS) is 9.85. The Bertz CT molecular complexity index is 698. The number of benzene rings is 2. The molecule has 0 heterocycles. The first-order chi connectivity index (χ1) is 9.58. The van der Waals surface area contributed by atoms with Crippen LogP contribution in [0.25, 0.3) is 11.1 Å². The molecule has 0 saturated carbocycles. The number of methoxy groups -OCH3 is 1. The molecule has 20 heavy (non-hydrogen) atoms. The van der Waals surface area contributed by atoms with Gasteiger partial charge in [0.15, 0.2) is 0 Å². The van der Waals surface area contributed by atoms with Crippen LogP contribution in [0.4, 0.5) is 5.69 Å². The van der Waals surface area contributed by atoms with Crippen LogP contribution in [-0.2, 0) is 4.74 Å². The Hall–Kier alpha value is -2.80. The van der Waals surface area contributed by atoms with Crippen molar-refractivity contribution in [3.8, 4) is 17.2 Å². The van der Waals surface area contributed by atoms with Crippen LogP contribution >= 0.6 is 0 Å². The predicted octanol–water partition coefficient (Wildman–Crippen LogP) is 2.90. The summed E-state index contributed by atoms with van der Waals surface area (Å²) < 4.78 is 4.81. The summed E-state index contributed by atoms with van der Waals surface area (Å²) >= 11 is 0. The summed E-state index contributed by atoms with van der Waals surface area (Å²) in [6.07, 6.45) is 0. The number of nitrogen functional groups attached to an aromatic ring is 1. The Morgan fingerprint density at radius 3 is 2.40 bits per heavy atom. The molecule has 0 bridgehead atoms. The summed E-state index contributed by atoms with van der Waals surface area (Å²) in [5.74, 6) is -0.467. The molecule has 2 aromatic rings. The molecule has 0 aliphatic heterocycles. The van der Waals surface area contributed by atoms with Crippen molar-refractivity contribution < 1.29 is 9.53 Å². The zero-order chi connectivity index (χ0) is 14.7. The number of carbonyl (C=O) groups excluding carboxylic acids is 1. The lowest BCUT2D eigenvalue weighted by Crippen LogP contribution is -2.09. The van der Waals surface area contributed by atoms with E-state index in [0.29, 0.717) is 22.4 Å². The molecular weight excluding hydrogens is 252 g/mol. The molecule has 4 heteroatoms. The van der Waals surface area contributed by atoms with Gasteiger partial charge < -0.3 is 10.5 Å². The molecule has 0 atom stereocenters. The van der Waals surface area contributed by atoms with Gasteiger partial charge in [0.05, 0.1) is 24.3 Å². The Morgan fingerprint density at radius 2 is 1.85 bits per heavy atom. The number of nitrogens with zero attached hydrogens (tertiary/aromatic N) is 1. The maximum absolute atomic E-state index is 11.9. The second-order valence-electron chi connectivity index (χ2n) is 4.40. The maximum atomic E-state index is 11.9. The number of hydrogen-bond donors (Lipinski definition) is 1. The Morgan fingerprint density at radius 1 is 1.20 bits per heavy atom. The number of hydrogen-bond acceptors (Lipinski definition) is 4. The summed E-state index contributed by atoms with van der Waals surface area (Å²) in [5, 5.41) is 8.82. The molecule has 100 valence electrons. The second kappa shape index (κ2) is 5.45. The van der Waals surface area contributed by atoms with Crippen LogP contribution in [0, 0.1) is 18.3 Å². The van der Waals surface area contributed by atoms with Gasteiger partial charge in [-0.3, -0.25) is 0 Å². The third kappa shape index (κ3) is 2.34. The largest absolute Gasteiger partial charge is 0.465 e. The highest BCUT2D eigenvalue weighted by molar-refractivity contribution is 6.03. The number of anilines is 1. The minimum Gasteiger partial charge on any atom is -0.465 e. The van der Waals surface area contributed by atoms with Crippen molar-refractivity contribution in [2.45, 2.75) is 6.92 Å². The molecule has 0 unspecified atom stereocenters. The van der Waals surface area contributed by atoms with E-state index < -0.39 is 5.97 Å². The minimum absolute atomic E-state index is 0.359. The summed E-state index contributed by atoms with van der Waals surface area (Å²) in [4.78, 5) is 11.9. The van der Waals surface area contributed by atoms with Gasteiger partial charge in [0.25, 0.3) is 0 Å². The third-order valence-electron chi connectivity index (χ3n) is 3.18. The van der Waals surface area contributed by atoms with Crippen LogP contribution in [0.15, 0.2) is 36.4 Å². The van der Waals surface area contributed by atoms with Crippen molar-refractivity contribution in [3.63, 3.8) is 0 Å². The van der Waals surface area contributed by atoms with Gasteiger partial charge in [-0.2, -0.15) is 5.26 Å². The minimum atomic E-state index is -0.467. The molecule has 2 N–H and O–H groups in total. The van der Waals surface area contributed by atoms with Crippen LogP contribution in [0.5, 0.6) is 0 Å². The fourth-order valence-corrected chi connectivity index (χ4v) is 2.01. The molecule has 0 spiro atoms. The Balaban J connectivity index is 2.64. The lowest BCUT2D eigenvalue weighted by molar-refractivity contribution is 0.0602. The maximum Gasteiger partial charge on any atom is 0.340 e. The molecule has 0 radical (unpaired) electrons. The van der Waals surface area contributed by atoms with Gasteiger partial charge in [-0.1, -0.05) is 24.3 Å². The molecule has 2 rings (SSSR count). The van der Waals surface area contributed by atoms with E-state index in [4.69, 9.17) is 15.7 Å². The first kappa shape index (κ1) is 13.6. The monoisotopic (exact) mass is 266 g/mol. The van der Waals surface area contributed by atoms with Crippen molar-refractivity contribution in [2.75, 3.05) is 12.8 Å². The fraction of sp³-hybridized carbons (Fsp3) is 0.125. The summed E-state index contributed by atoms with van der Waals surface area (Å²) in [6, 6.07) is 12.7. The topological polar surface area (TPSA) is 76.1 Å². The van der Waals surface area contributed by atoms with Crippen molar-refractivity contribution in [1.82, 2.24) is 0 Å². The Kier molecular flexibility index (Phi) is 3.72. The highest BCUT2D eigenvalue weighted by Crippen LogP contribution is 2.30. The van der Waals surface area contributed by atoms with Gasteiger partial charge >= 0.3 is 5.97 Å². The highest BCUT2D eigenvalue weighted by Gasteiger charge is 2.18. The SMILES string of the molecule is COC(=O)c1c(-c2ccc(C#N)cc2)ccc(C)c1N. The van der Waals surface area contributed by atoms with E-state index in [-0.39, 0.29) is 0 Å². The second-order valence-corrected chi connectivity index (χ2v) is 4.40. The standard InChI is InChI=1S/C16H14N2O2/c1-10-3-8-13(14(15(10)18)16(19)20-2)12-6-4-11(9-17)5-7-12/h3-8H,18H2,1-2H3. The van der Waals surface area contributed by atoms with Gasteiger partial charge in [-0.25, -0.2) is 4.79 Å². The van der Waals surface area contributed by atoms with Crippen molar-refractivity contribution in [3.05, 3.63) is 53.1 Å². The molecule has 0 fully saturated rings. The zero-order valence-electron chi connectivity index (χ0n) is 11.3. The van der Waals surface area contributed by atoms with Gasteiger partial charge in [0.1, 0.15) is 0 Å². The molecule has 2 aromatic carbocycles. The first-order valence-corrected chi connectivity index (χ1v) is 6.06. The van der Waals surface area contributed by atoms with Crippen LogP contribution < -0.4 is 5.73 Å². The van der Waals surface area contributed by atoms with Crippen molar-refractivity contribution in [2.24, 2.45) is 0 Å². The summed E-state index contributed by atoms with van der Waals surface area (Å²) in [5.41, 5.74) is 9.67. The number of nitrogens with two attached hydrogens (primary N) is 1. The van der Waals surface area contributed by atoms with Gasteiger partial charge in [0.2, 0.25) is 0 Å². The van der Waals surface area contributed by atoms with Gasteiger partial charge in [-0.15, -0.1) is 0 Å². The molecular formula is C16H14N2O2. The van der Waals surface area contributed by atoms with E-state index in [9.17, 15) is 4.79 Å². The smallest absolute Gasteiger partial charge is 0.340 e. The fourth-order valence-electron chi connectivity index (χ4n) is 2.01. The lowest BCUT2D eigenvalue weighted by atomic mass is 9.95. The molecule has 0 amide bonds. The number of carbonyl (C=O) groups is 1. The third-order valence-corrected chi connectivity index (χ3v) is 3.18. The van der Waals surface area contributed by atoms with Crippen LogP contribution in [0.1, 0.15) is 21.5 Å². The average Bonchev–Trinajstić information content (AvgIpc) is 2.49. The van der Waals surface area contributed by atoms with Crippen LogP contribution in [0.3, 0.4) is 0 Å². The Labute approximate surface area is 117 Å².